The summed E-state index contributed by atoms with van der Waals surface area (Å²) in [6, 6.07) is 13.6. The second kappa shape index (κ2) is 9.23. The van der Waals surface area contributed by atoms with Crippen LogP contribution in [0.1, 0.15) is 46.1 Å². The van der Waals surface area contributed by atoms with E-state index in [-0.39, 0.29) is 5.97 Å². The van der Waals surface area contributed by atoms with Gasteiger partial charge in [0, 0.05) is 0 Å². The zero-order valence-electron chi connectivity index (χ0n) is 15.4. The smallest absolute Gasteiger partial charge is 0.308 e. The summed E-state index contributed by atoms with van der Waals surface area (Å²) in [5.41, 5.74) is 0.834. The number of methoxy groups -OCH3 is 1. The molecule has 0 heterocycles. The van der Waals surface area contributed by atoms with Crippen molar-refractivity contribution in [3.8, 4) is 0 Å². The van der Waals surface area contributed by atoms with Crippen molar-refractivity contribution in [2.24, 2.45) is 0 Å². The van der Waals surface area contributed by atoms with E-state index in [9.17, 15) is 4.79 Å². The molecular weight excluding hydrogens is 304 g/mol. The maximum Gasteiger partial charge on any atom is 0.308 e. The van der Waals surface area contributed by atoms with E-state index < -0.39 is 13.9 Å². The minimum Gasteiger partial charge on any atom is -0.469 e. The van der Waals surface area contributed by atoms with Crippen LogP contribution in [0.2, 0.25) is 18.1 Å². The number of rotatable bonds is 10. The third kappa shape index (κ3) is 6.11. The highest BCUT2D eigenvalue weighted by Crippen LogP contribution is 2.33. The van der Waals surface area contributed by atoms with Crippen LogP contribution < -0.4 is 0 Å². The van der Waals surface area contributed by atoms with Gasteiger partial charge in [0.05, 0.1) is 19.1 Å². The second-order valence-electron chi connectivity index (χ2n) is 6.53. The number of aryl methyl sites for hydroxylation is 1. The fourth-order valence-corrected chi connectivity index (χ4v) is 6.25. The maximum absolute atomic E-state index is 11.9. The number of benzene rings is 1. The lowest BCUT2D eigenvalue weighted by atomic mass is 9.94. The molecule has 0 aromatic heterocycles. The summed E-state index contributed by atoms with van der Waals surface area (Å²) in [5, 5.41) is 0. The minimum atomic E-state index is -1.78. The van der Waals surface area contributed by atoms with Gasteiger partial charge in [0.1, 0.15) is 0 Å². The first-order valence-corrected chi connectivity index (χ1v) is 11.3. The number of ether oxygens (including phenoxy) is 1. The summed E-state index contributed by atoms with van der Waals surface area (Å²) in [4.78, 5) is 11.9. The molecule has 1 aromatic rings. The summed E-state index contributed by atoms with van der Waals surface area (Å²) >= 11 is 0. The van der Waals surface area contributed by atoms with Crippen LogP contribution in [0.4, 0.5) is 0 Å². The minimum absolute atomic E-state index is 0.188. The topological polar surface area (TPSA) is 35.5 Å². The first kappa shape index (κ1) is 19.9. The van der Waals surface area contributed by atoms with Crippen LogP contribution in [-0.2, 0) is 20.4 Å². The first-order chi connectivity index (χ1) is 10.9. The third-order valence-electron chi connectivity index (χ3n) is 4.93. The van der Waals surface area contributed by atoms with Gasteiger partial charge in [-0.25, -0.2) is 0 Å². The Balaban J connectivity index is 2.90. The van der Waals surface area contributed by atoms with E-state index >= 15 is 0 Å². The third-order valence-corrected chi connectivity index (χ3v) is 9.72. The summed E-state index contributed by atoms with van der Waals surface area (Å²) in [7, 11) is -0.330. The summed E-state index contributed by atoms with van der Waals surface area (Å²) < 4.78 is 11.6. The van der Waals surface area contributed by atoms with E-state index in [0.717, 1.165) is 31.0 Å². The van der Waals surface area contributed by atoms with Crippen LogP contribution in [0.25, 0.3) is 0 Å². The fourth-order valence-electron chi connectivity index (χ4n) is 3.10. The lowest BCUT2D eigenvalue weighted by Crippen LogP contribution is -2.47. The van der Waals surface area contributed by atoms with Gasteiger partial charge in [-0.1, -0.05) is 51.1 Å². The molecule has 0 aliphatic rings. The molecule has 0 saturated heterocycles. The Morgan fingerprint density at radius 1 is 1.09 bits per heavy atom. The normalized spacial score (nSPS) is 14.3. The lowest BCUT2D eigenvalue weighted by Gasteiger charge is -2.40. The molecule has 3 nitrogen and oxygen atoms in total. The molecule has 1 rings (SSSR count). The Morgan fingerprint density at radius 3 is 2.13 bits per heavy atom. The Morgan fingerprint density at radius 2 is 1.65 bits per heavy atom. The van der Waals surface area contributed by atoms with E-state index in [4.69, 9.17) is 9.16 Å². The van der Waals surface area contributed by atoms with Gasteiger partial charge in [-0.15, -0.1) is 0 Å². The largest absolute Gasteiger partial charge is 0.469 e. The van der Waals surface area contributed by atoms with E-state index in [2.05, 4.69) is 52.0 Å². The quantitative estimate of drug-likeness (QED) is 0.447. The van der Waals surface area contributed by atoms with Gasteiger partial charge in [0.2, 0.25) is 0 Å². The molecule has 23 heavy (non-hydrogen) atoms. The number of carbonyl (C=O) groups is 1. The lowest BCUT2D eigenvalue weighted by molar-refractivity contribution is -0.145. The molecule has 0 spiro atoms. The molecule has 0 radical (unpaired) electrons. The van der Waals surface area contributed by atoms with Crippen LogP contribution in [0, 0.1) is 0 Å². The molecule has 1 atom stereocenters. The van der Waals surface area contributed by atoms with Crippen molar-refractivity contribution in [1.82, 2.24) is 0 Å². The zero-order chi connectivity index (χ0) is 17.3. The molecule has 1 aromatic carbocycles. The van der Waals surface area contributed by atoms with Gasteiger partial charge in [0.15, 0.2) is 8.32 Å². The van der Waals surface area contributed by atoms with Crippen molar-refractivity contribution in [2.45, 2.75) is 70.7 Å². The zero-order valence-corrected chi connectivity index (χ0v) is 16.4. The highest BCUT2D eigenvalue weighted by Gasteiger charge is 2.39. The molecule has 4 heteroatoms. The van der Waals surface area contributed by atoms with Crippen LogP contribution in [-0.4, -0.2) is 27.0 Å². The molecule has 0 aliphatic carbocycles. The van der Waals surface area contributed by atoms with Crippen molar-refractivity contribution in [3.05, 3.63) is 35.9 Å². The van der Waals surface area contributed by atoms with E-state index in [1.165, 1.54) is 12.7 Å². The standard InChI is InChI=1S/C19H32O3Si/c1-6-23(7-2,8-3)22-19(4,16-18(20)21-5)15-14-17-12-10-9-11-13-17/h9-13H,6-8,14-16H2,1-5H3. The Bertz CT molecular complexity index is 462. The molecule has 0 amide bonds. The molecule has 0 aliphatic heterocycles. The molecule has 0 N–H and O–H groups in total. The highest BCUT2D eigenvalue weighted by molar-refractivity contribution is 6.73. The fraction of sp³-hybridized carbons (Fsp3) is 0.632. The maximum atomic E-state index is 11.9. The van der Waals surface area contributed by atoms with Crippen LogP contribution in [0.5, 0.6) is 0 Å². The van der Waals surface area contributed by atoms with Crippen molar-refractivity contribution < 1.29 is 14.0 Å². The Labute approximate surface area is 142 Å². The van der Waals surface area contributed by atoms with Crippen LogP contribution in [0.3, 0.4) is 0 Å². The van der Waals surface area contributed by atoms with E-state index in [1.54, 1.807) is 0 Å². The predicted molar refractivity (Wildman–Crippen MR) is 98.1 cm³/mol. The van der Waals surface area contributed by atoms with E-state index in [0.29, 0.717) is 6.42 Å². The van der Waals surface area contributed by atoms with Crippen LogP contribution >= 0.6 is 0 Å². The SMILES string of the molecule is CC[Si](CC)(CC)OC(C)(CCc1ccccc1)CC(=O)OC. The molecule has 130 valence electrons. The van der Waals surface area contributed by atoms with Crippen LogP contribution in [0.15, 0.2) is 30.3 Å². The molecule has 0 bridgehead atoms. The van der Waals surface area contributed by atoms with Gasteiger partial charge < -0.3 is 9.16 Å². The van der Waals surface area contributed by atoms with Gasteiger partial charge in [-0.2, -0.15) is 0 Å². The second-order valence-corrected chi connectivity index (χ2v) is 11.2. The first-order valence-electron chi connectivity index (χ1n) is 8.73. The molecular formula is C19H32O3Si. The van der Waals surface area contributed by atoms with Gasteiger partial charge in [-0.3, -0.25) is 4.79 Å². The summed E-state index contributed by atoms with van der Waals surface area (Å²) in [6.07, 6.45) is 2.07. The molecule has 0 fully saturated rings. The Kier molecular flexibility index (Phi) is 7.99. The number of carbonyl (C=O) groups excluding carboxylic acids is 1. The molecule has 0 saturated carbocycles. The highest BCUT2D eigenvalue weighted by atomic mass is 28.4. The van der Waals surface area contributed by atoms with Crippen molar-refractivity contribution >= 4 is 14.3 Å². The summed E-state index contributed by atoms with van der Waals surface area (Å²) in [5.74, 6) is -0.188. The number of hydrogen-bond donors (Lipinski definition) is 0. The summed E-state index contributed by atoms with van der Waals surface area (Å²) in [6.45, 7) is 8.73. The Hall–Kier alpha value is -1.13. The number of hydrogen-bond acceptors (Lipinski definition) is 3. The number of esters is 1. The predicted octanol–water partition coefficient (Wildman–Crippen LogP) is 4.96. The average molecular weight is 337 g/mol. The van der Waals surface area contributed by atoms with E-state index in [1.807, 2.05) is 6.07 Å². The monoisotopic (exact) mass is 336 g/mol. The van der Waals surface area contributed by atoms with Crippen molar-refractivity contribution in [2.75, 3.05) is 7.11 Å². The van der Waals surface area contributed by atoms with Gasteiger partial charge >= 0.3 is 5.97 Å². The average Bonchev–Trinajstić information content (AvgIpc) is 2.59. The molecule has 1 unspecified atom stereocenters. The van der Waals surface area contributed by atoms with Gasteiger partial charge in [-0.05, 0) is 43.5 Å². The van der Waals surface area contributed by atoms with Crippen molar-refractivity contribution in [3.63, 3.8) is 0 Å². The van der Waals surface area contributed by atoms with Gasteiger partial charge in [0.25, 0.3) is 0 Å². The van der Waals surface area contributed by atoms with Crippen molar-refractivity contribution in [1.29, 1.82) is 0 Å².